The van der Waals surface area contributed by atoms with Crippen LogP contribution in [0.5, 0.6) is 5.75 Å². The first-order valence-electron chi connectivity index (χ1n) is 4.83. The zero-order valence-electron chi connectivity index (χ0n) is 9.15. The van der Waals surface area contributed by atoms with Gasteiger partial charge < -0.3 is 0 Å². The zero-order chi connectivity index (χ0) is 14.0. The van der Waals surface area contributed by atoms with Gasteiger partial charge in [0.25, 0.3) is 0 Å². The predicted octanol–water partition coefficient (Wildman–Crippen LogP) is 2.18. The van der Waals surface area contributed by atoms with Crippen molar-refractivity contribution in [1.29, 1.82) is 0 Å². The number of para-hydroxylation sites is 1. The fourth-order valence-electron chi connectivity index (χ4n) is 1.23. The van der Waals surface area contributed by atoms with Gasteiger partial charge in [-0.1, -0.05) is 0 Å². The molecule has 0 aliphatic carbocycles. The van der Waals surface area contributed by atoms with Crippen molar-refractivity contribution in [3.8, 4) is 5.75 Å². The second-order valence-electron chi connectivity index (χ2n) is 3.33. The molecule has 100 valence electrons. The summed E-state index contributed by atoms with van der Waals surface area (Å²) >= 11 is 2.33. The minimum absolute atomic E-state index is 0.0811. The number of benzene rings is 1. The molecule has 0 amide bonds. The summed E-state index contributed by atoms with van der Waals surface area (Å²) in [6.45, 7) is 0. The Morgan fingerprint density at radius 3 is 2.42 bits per heavy atom. The van der Waals surface area contributed by atoms with Crippen LogP contribution in [-0.2, 0) is 10.1 Å². The van der Waals surface area contributed by atoms with Crippen molar-refractivity contribution in [2.24, 2.45) is 0 Å². The fourth-order valence-corrected chi connectivity index (χ4v) is 6.27. The summed E-state index contributed by atoms with van der Waals surface area (Å²) in [6, 6.07) is 9.02. The normalized spacial score (nSPS) is 11.2. The Labute approximate surface area is 123 Å². The van der Waals surface area contributed by atoms with Gasteiger partial charge in [-0.05, 0) is 0 Å². The van der Waals surface area contributed by atoms with Gasteiger partial charge >= 0.3 is 123 Å². The Morgan fingerprint density at radius 1 is 1.26 bits per heavy atom. The summed E-state index contributed by atoms with van der Waals surface area (Å²) in [5.41, 5.74) is -0.241. The second-order valence-corrected chi connectivity index (χ2v) is 9.61. The maximum absolute atomic E-state index is 12.0. The topological polar surface area (TPSA) is 86.5 Å². The Hall–Kier alpha value is -1.15. The molecule has 19 heavy (non-hydrogen) atoms. The van der Waals surface area contributed by atoms with E-state index in [0.29, 0.717) is 0 Å². The molecular weight excluding hydrogens is 405 g/mol. The van der Waals surface area contributed by atoms with Crippen LogP contribution in [0.15, 0.2) is 43.5 Å². The Kier molecular flexibility index (Phi) is 4.10. The van der Waals surface area contributed by atoms with E-state index in [1.807, 2.05) is 0 Å². The van der Waals surface area contributed by atoms with Crippen LogP contribution >= 0.6 is 15.9 Å². The summed E-state index contributed by atoms with van der Waals surface area (Å²) in [6.07, 6.45) is 0. The van der Waals surface area contributed by atoms with Gasteiger partial charge in [0.2, 0.25) is 0 Å². The van der Waals surface area contributed by atoms with Crippen LogP contribution < -0.4 is 4.18 Å². The van der Waals surface area contributed by atoms with Crippen molar-refractivity contribution in [3.63, 3.8) is 0 Å². The average Bonchev–Trinajstić information content (AvgIpc) is 2.73. The molecule has 0 spiro atoms. The van der Waals surface area contributed by atoms with Crippen molar-refractivity contribution in [3.05, 3.63) is 49.9 Å². The number of halogens is 1. The molecule has 1 heterocycles. The number of hydrogen-bond donors (Lipinski definition) is 0. The van der Waals surface area contributed by atoms with E-state index >= 15 is 0 Å². The molecule has 9 heteroatoms. The van der Waals surface area contributed by atoms with Gasteiger partial charge in [-0.3, -0.25) is 0 Å². The molecule has 6 nitrogen and oxygen atoms in total. The van der Waals surface area contributed by atoms with Gasteiger partial charge in [-0.25, -0.2) is 0 Å². The molecule has 0 radical (unpaired) electrons. The van der Waals surface area contributed by atoms with E-state index in [0.717, 1.165) is 6.07 Å². The third-order valence-electron chi connectivity index (χ3n) is 2.04. The molecular formula is C10H6BrNO5SSe. The van der Waals surface area contributed by atoms with Crippen LogP contribution in [0.2, 0.25) is 0 Å². The zero-order valence-corrected chi connectivity index (χ0v) is 13.3. The van der Waals surface area contributed by atoms with Gasteiger partial charge in [-0.15, -0.1) is 0 Å². The molecule has 0 atom stereocenters. The summed E-state index contributed by atoms with van der Waals surface area (Å²) in [7, 11) is -4.00. The number of rotatable bonds is 4. The maximum atomic E-state index is 12.0. The average molecular weight is 411 g/mol. The van der Waals surface area contributed by atoms with Crippen molar-refractivity contribution in [2.45, 2.75) is 3.77 Å². The molecule has 1 aromatic heterocycles. The Bertz CT molecular complexity index is 713. The van der Waals surface area contributed by atoms with E-state index < -0.39 is 29.5 Å². The van der Waals surface area contributed by atoms with Crippen LogP contribution in [0.25, 0.3) is 0 Å². The molecule has 0 bridgehead atoms. The van der Waals surface area contributed by atoms with E-state index in [9.17, 15) is 18.5 Å². The van der Waals surface area contributed by atoms with Crippen LogP contribution in [0.1, 0.15) is 0 Å². The summed E-state index contributed by atoms with van der Waals surface area (Å²) in [5, 5.41) is 10.7. The number of nitro groups is 1. The van der Waals surface area contributed by atoms with Gasteiger partial charge in [0.1, 0.15) is 0 Å². The van der Waals surface area contributed by atoms with Gasteiger partial charge in [0.05, 0.1) is 0 Å². The van der Waals surface area contributed by atoms with Crippen LogP contribution in [0.3, 0.4) is 0 Å². The van der Waals surface area contributed by atoms with Crippen molar-refractivity contribution in [1.82, 2.24) is 0 Å². The predicted molar refractivity (Wildman–Crippen MR) is 72.0 cm³/mol. The van der Waals surface area contributed by atoms with E-state index in [-0.39, 0.29) is 18.6 Å². The van der Waals surface area contributed by atoms with E-state index in [2.05, 4.69) is 15.9 Å². The molecule has 2 aromatic rings. The Morgan fingerprint density at radius 2 is 1.89 bits per heavy atom. The van der Waals surface area contributed by atoms with Gasteiger partial charge in [0.15, 0.2) is 0 Å². The van der Waals surface area contributed by atoms with E-state index in [1.54, 1.807) is 18.2 Å². The summed E-state index contributed by atoms with van der Waals surface area (Å²) in [4.78, 5) is 10.1. The third-order valence-corrected chi connectivity index (χ3v) is 7.51. The first-order chi connectivity index (χ1) is 8.90. The molecule has 0 saturated heterocycles. The van der Waals surface area contributed by atoms with Gasteiger partial charge in [0, 0.05) is 0 Å². The summed E-state index contributed by atoms with van der Waals surface area (Å²) < 4.78 is 29.1. The number of nitrogens with zero attached hydrogens (tertiary/aromatic N) is 1. The third kappa shape index (κ3) is 3.24. The first-order valence-corrected chi connectivity index (χ1v) is 8.75. The SMILES string of the molecule is O=[N+]([O-])c1cc(S(=O)(=O)Oc2ccccc2)[se]c1Br. The minimum atomic E-state index is -4.00. The molecule has 2 rings (SSSR count). The van der Waals surface area contributed by atoms with Crippen LogP contribution in [0.4, 0.5) is 5.69 Å². The molecule has 0 N–H and O–H groups in total. The monoisotopic (exact) mass is 411 g/mol. The number of hydrogen-bond acceptors (Lipinski definition) is 5. The molecule has 0 aliphatic heterocycles. The van der Waals surface area contributed by atoms with Crippen molar-refractivity contribution < 1.29 is 17.5 Å². The molecule has 1 aromatic carbocycles. The standard InChI is InChI=1S/C10H6BrNO5SSe/c11-10-8(12(13)14)6-9(19-10)18(15,16)17-7-4-2-1-3-5-7/h1-6H. The Balaban J connectivity index is 2.35. The molecule has 0 fully saturated rings. The van der Waals surface area contributed by atoms with Crippen molar-refractivity contribution in [2.75, 3.05) is 0 Å². The van der Waals surface area contributed by atoms with E-state index in [1.165, 1.54) is 12.1 Å². The second kappa shape index (κ2) is 5.46. The van der Waals surface area contributed by atoms with E-state index in [4.69, 9.17) is 4.18 Å². The first kappa shape index (κ1) is 14.3. The molecule has 0 saturated carbocycles. The summed E-state index contributed by atoms with van der Waals surface area (Å²) in [5.74, 6) is 0.171. The fraction of sp³-hybridized carbons (Fsp3) is 0. The van der Waals surface area contributed by atoms with Crippen LogP contribution in [0, 0.1) is 10.1 Å². The molecule has 0 unspecified atom stereocenters. The molecule has 0 aliphatic rings. The van der Waals surface area contributed by atoms with Crippen LogP contribution in [-0.4, -0.2) is 27.8 Å². The quantitative estimate of drug-likeness (QED) is 0.333. The van der Waals surface area contributed by atoms with Gasteiger partial charge in [-0.2, -0.15) is 0 Å². The van der Waals surface area contributed by atoms with Crippen molar-refractivity contribution >= 4 is 46.2 Å².